The Balaban J connectivity index is 1.64. The standard InChI is InChI=1S/C15H19ClN4O/c1-12(21)20-6-5-17-15(20)19-9-7-18(8-10-19)14-4-2-3-13(16)11-14/h2-4,11H,5-10H2,1H3. The molecule has 6 heteroatoms. The van der Waals surface area contributed by atoms with Crippen LogP contribution in [-0.2, 0) is 4.79 Å². The van der Waals surface area contributed by atoms with E-state index in [1.165, 1.54) is 0 Å². The SMILES string of the molecule is CC(=O)N1CCN=C1N1CCN(c2cccc(Cl)c2)CC1. The van der Waals surface area contributed by atoms with E-state index in [-0.39, 0.29) is 5.91 Å². The Hall–Kier alpha value is -1.75. The number of nitrogens with zero attached hydrogens (tertiary/aromatic N) is 4. The Bertz CT molecular complexity index is 567. The van der Waals surface area contributed by atoms with E-state index in [1.54, 1.807) is 11.8 Å². The number of hydrogen-bond donors (Lipinski definition) is 0. The highest BCUT2D eigenvalue weighted by Crippen LogP contribution is 2.21. The van der Waals surface area contributed by atoms with Gasteiger partial charge in [-0.05, 0) is 18.2 Å². The molecule has 1 saturated heterocycles. The fourth-order valence-electron chi connectivity index (χ4n) is 2.84. The van der Waals surface area contributed by atoms with Crippen molar-refractivity contribution in [3.05, 3.63) is 29.3 Å². The monoisotopic (exact) mass is 306 g/mol. The van der Waals surface area contributed by atoms with Crippen LogP contribution in [0.4, 0.5) is 5.69 Å². The third-order valence-electron chi connectivity index (χ3n) is 3.93. The summed E-state index contributed by atoms with van der Waals surface area (Å²) in [5.74, 6) is 0.914. The topological polar surface area (TPSA) is 39.2 Å². The molecule has 0 aliphatic carbocycles. The summed E-state index contributed by atoms with van der Waals surface area (Å²) in [5.41, 5.74) is 1.15. The molecule has 2 aliphatic rings. The van der Waals surface area contributed by atoms with Crippen molar-refractivity contribution in [3.63, 3.8) is 0 Å². The Kier molecular flexibility index (Phi) is 4.01. The van der Waals surface area contributed by atoms with Crippen LogP contribution in [0.5, 0.6) is 0 Å². The minimum atomic E-state index is 0.0727. The highest BCUT2D eigenvalue weighted by Gasteiger charge is 2.28. The molecular formula is C15H19ClN4O. The van der Waals surface area contributed by atoms with E-state index in [0.29, 0.717) is 13.1 Å². The van der Waals surface area contributed by atoms with Crippen molar-refractivity contribution in [3.8, 4) is 0 Å². The van der Waals surface area contributed by atoms with Crippen molar-refractivity contribution in [1.82, 2.24) is 9.80 Å². The van der Waals surface area contributed by atoms with Crippen LogP contribution in [0.2, 0.25) is 5.02 Å². The Morgan fingerprint density at radius 1 is 1.14 bits per heavy atom. The fraction of sp³-hybridized carbons (Fsp3) is 0.467. The van der Waals surface area contributed by atoms with Gasteiger partial charge < -0.3 is 9.80 Å². The summed E-state index contributed by atoms with van der Waals surface area (Å²) in [4.78, 5) is 22.4. The smallest absolute Gasteiger partial charge is 0.226 e. The minimum Gasteiger partial charge on any atom is -0.368 e. The number of aliphatic imine (C=N–C) groups is 1. The molecule has 3 rings (SSSR count). The van der Waals surface area contributed by atoms with E-state index in [9.17, 15) is 4.79 Å². The number of rotatable bonds is 1. The van der Waals surface area contributed by atoms with Gasteiger partial charge in [0.05, 0.1) is 6.54 Å². The molecule has 0 atom stereocenters. The lowest BCUT2D eigenvalue weighted by atomic mass is 10.2. The summed E-state index contributed by atoms with van der Waals surface area (Å²) in [7, 11) is 0. The lowest BCUT2D eigenvalue weighted by molar-refractivity contribution is -0.125. The first-order valence-electron chi connectivity index (χ1n) is 7.23. The number of hydrogen-bond acceptors (Lipinski definition) is 4. The van der Waals surface area contributed by atoms with Crippen LogP contribution >= 0.6 is 11.6 Å². The van der Waals surface area contributed by atoms with Crippen LogP contribution in [0.15, 0.2) is 29.3 Å². The third kappa shape index (κ3) is 2.97. The minimum absolute atomic E-state index is 0.0727. The number of anilines is 1. The van der Waals surface area contributed by atoms with Crippen molar-refractivity contribution in [2.45, 2.75) is 6.92 Å². The molecule has 1 aromatic rings. The van der Waals surface area contributed by atoms with E-state index in [1.807, 2.05) is 18.2 Å². The molecule has 0 bridgehead atoms. The molecule has 1 fully saturated rings. The summed E-state index contributed by atoms with van der Waals surface area (Å²) >= 11 is 6.05. The van der Waals surface area contributed by atoms with Crippen LogP contribution in [0.3, 0.4) is 0 Å². The van der Waals surface area contributed by atoms with E-state index >= 15 is 0 Å². The molecule has 0 N–H and O–H groups in total. The maximum atomic E-state index is 11.6. The summed E-state index contributed by atoms with van der Waals surface area (Å²) in [5, 5.41) is 0.762. The second kappa shape index (κ2) is 5.93. The number of guanidine groups is 1. The highest BCUT2D eigenvalue weighted by atomic mass is 35.5. The Morgan fingerprint density at radius 2 is 1.86 bits per heavy atom. The summed E-state index contributed by atoms with van der Waals surface area (Å²) in [6, 6.07) is 7.94. The van der Waals surface area contributed by atoms with E-state index in [4.69, 9.17) is 11.6 Å². The number of carbonyl (C=O) groups excluding carboxylic acids is 1. The van der Waals surface area contributed by atoms with Gasteiger partial charge in [0.2, 0.25) is 11.9 Å². The Morgan fingerprint density at radius 3 is 2.52 bits per heavy atom. The molecule has 0 saturated carbocycles. The first-order chi connectivity index (χ1) is 10.1. The zero-order chi connectivity index (χ0) is 14.8. The quantitative estimate of drug-likeness (QED) is 0.792. The molecular weight excluding hydrogens is 288 g/mol. The van der Waals surface area contributed by atoms with Gasteiger partial charge in [-0.15, -0.1) is 0 Å². The van der Waals surface area contributed by atoms with E-state index in [0.717, 1.165) is 42.8 Å². The summed E-state index contributed by atoms with van der Waals surface area (Å²) < 4.78 is 0. The van der Waals surface area contributed by atoms with Crippen molar-refractivity contribution in [2.24, 2.45) is 4.99 Å². The van der Waals surface area contributed by atoms with Crippen molar-refractivity contribution in [2.75, 3.05) is 44.2 Å². The molecule has 0 radical (unpaired) electrons. The first kappa shape index (κ1) is 14.2. The van der Waals surface area contributed by atoms with Crippen LogP contribution in [-0.4, -0.2) is 60.9 Å². The molecule has 0 aromatic heterocycles. The molecule has 1 aromatic carbocycles. The van der Waals surface area contributed by atoms with E-state index < -0.39 is 0 Å². The average Bonchev–Trinajstić information content (AvgIpc) is 2.97. The Labute approximate surface area is 129 Å². The maximum absolute atomic E-state index is 11.6. The van der Waals surface area contributed by atoms with Gasteiger partial charge in [0.1, 0.15) is 0 Å². The van der Waals surface area contributed by atoms with Gasteiger partial charge in [-0.2, -0.15) is 0 Å². The molecule has 2 aliphatic heterocycles. The van der Waals surface area contributed by atoms with Gasteiger partial charge >= 0.3 is 0 Å². The second-order valence-electron chi connectivity index (χ2n) is 5.31. The number of carbonyl (C=O) groups is 1. The number of halogens is 1. The lowest BCUT2D eigenvalue weighted by Gasteiger charge is -2.38. The zero-order valence-corrected chi connectivity index (χ0v) is 12.9. The highest BCUT2D eigenvalue weighted by molar-refractivity contribution is 6.30. The van der Waals surface area contributed by atoms with Crippen LogP contribution in [0.25, 0.3) is 0 Å². The lowest BCUT2D eigenvalue weighted by Crippen LogP contribution is -2.53. The normalized spacial score (nSPS) is 19.0. The largest absolute Gasteiger partial charge is 0.368 e. The molecule has 2 heterocycles. The zero-order valence-electron chi connectivity index (χ0n) is 12.1. The second-order valence-corrected chi connectivity index (χ2v) is 5.74. The molecule has 0 spiro atoms. The molecule has 21 heavy (non-hydrogen) atoms. The molecule has 0 unspecified atom stereocenters. The van der Waals surface area contributed by atoms with Gasteiger partial charge in [-0.25, -0.2) is 0 Å². The van der Waals surface area contributed by atoms with Crippen LogP contribution < -0.4 is 4.90 Å². The maximum Gasteiger partial charge on any atom is 0.226 e. The van der Waals surface area contributed by atoms with Gasteiger partial charge in [0.25, 0.3) is 0 Å². The van der Waals surface area contributed by atoms with Gasteiger partial charge in [-0.3, -0.25) is 14.7 Å². The van der Waals surface area contributed by atoms with Gasteiger partial charge in [-0.1, -0.05) is 17.7 Å². The molecule has 5 nitrogen and oxygen atoms in total. The van der Waals surface area contributed by atoms with Crippen LogP contribution in [0, 0.1) is 0 Å². The number of amides is 1. The van der Waals surface area contributed by atoms with E-state index in [2.05, 4.69) is 20.9 Å². The molecule has 112 valence electrons. The number of piperazine rings is 1. The van der Waals surface area contributed by atoms with Crippen molar-refractivity contribution >= 4 is 29.2 Å². The third-order valence-corrected chi connectivity index (χ3v) is 4.17. The first-order valence-corrected chi connectivity index (χ1v) is 7.61. The van der Waals surface area contributed by atoms with Gasteiger partial charge in [0.15, 0.2) is 0 Å². The van der Waals surface area contributed by atoms with Crippen molar-refractivity contribution < 1.29 is 4.79 Å². The summed E-state index contributed by atoms with van der Waals surface area (Å²) in [6.07, 6.45) is 0. The average molecular weight is 307 g/mol. The van der Waals surface area contributed by atoms with Gasteiger partial charge in [0, 0.05) is 50.4 Å². The van der Waals surface area contributed by atoms with Crippen molar-refractivity contribution in [1.29, 1.82) is 0 Å². The predicted octanol–water partition coefficient (Wildman–Crippen LogP) is 1.68. The predicted molar refractivity (Wildman–Crippen MR) is 84.9 cm³/mol. The van der Waals surface area contributed by atoms with Crippen LogP contribution in [0.1, 0.15) is 6.92 Å². The number of benzene rings is 1. The fourth-order valence-corrected chi connectivity index (χ4v) is 3.03. The summed E-state index contributed by atoms with van der Waals surface area (Å²) in [6.45, 7) is 6.58. The molecule has 1 amide bonds.